The van der Waals surface area contributed by atoms with E-state index < -0.39 is 5.91 Å². The minimum atomic E-state index is -0.451. The van der Waals surface area contributed by atoms with Crippen LogP contribution in [0.2, 0.25) is 0 Å². The molecule has 0 aliphatic heterocycles. The molecule has 1 amide bonds. The van der Waals surface area contributed by atoms with Crippen LogP contribution in [0.1, 0.15) is 29.4 Å². The van der Waals surface area contributed by atoms with Crippen LogP contribution >= 0.6 is 0 Å². The lowest BCUT2D eigenvalue weighted by molar-refractivity contribution is 0.0953. The Balaban J connectivity index is 2.23. The second kappa shape index (κ2) is 6.96. The Morgan fingerprint density at radius 3 is 2.88 bits per heavy atom. The summed E-state index contributed by atoms with van der Waals surface area (Å²) in [6.07, 6.45) is 0.814. The Labute approximate surface area is 149 Å². The summed E-state index contributed by atoms with van der Waals surface area (Å²) in [5, 5.41) is 4.67. The van der Waals surface area contributed by atoms with E-state index >= 15 is 0 Å². The second-order valence-corrected chi connectivity index (χ2v) is 5.86. The Morgan fingerprint density at radius 1 is 1.42 bits per heavy atom. The number of nitrogens with zero attached hydrogens (tertiary/aromatic N) is 3. The maximum absolute atomic E-state index is 12.5. The number of benzene rings is 1. The van der Waals surface area contributed by atoms with Crippen LogP contribution in [0, 0.1) is 6.92 Å². The molecule has 0 fully saturated rings. The molecule has 0 unspecified atom stereocenters. The molecule has 136 valence electrons. The fraction of sp³-hybridized carbons (Fsp3) is 0.294. The normalized spacial score (nSPS) is 10.9. The zero-order valence-electron chi connectivity index (χ0n) is 14.8. The Hall–Kier alpha value is -3.20. The van der Waals surface area contributed by atoms with E-state index in [-0.39, 0.29) is 5.56 Å². The average molecular weight is 356 g/mol. The standard InChI is InChI=1S/C17H20N6O3/c1-4-7-26-12-6-5-10(16(24)21-18)8-11(12)14-19-15-13(17(25)20-14)9(2)22-23(15)3/h5-6,8H,4,7,18H2,1-3H3,(H,21,24)(H,19,20,25). The first-order valence-electron chi connectivity index (χ1n) is 8.18. The van der Waals surface area contributed by atoms with Crippen molar-refractivity contribution in [3.63, 3.8) is 0 Å². The summed E-state index contributed by atoms with van der Waals surface area (Å²) >= 11 is 0. The van der Waals surface area contributed by atoms with Gasteiger partial charge in [0.1, 0.15) is 17.0 Å². The minimum Gasteiger partial charge on any atom is -0.493 e. The number of rotatable bonds is 5. The first kappa shape index (κ1) is 17.6. The molecule has 3 rings (SSSR count). The summed E-state index contributed by atoms with van der Waals surface area (Å²) in [6.45, 7) is 4.23. The number of H-pyrrole nitrogens is 1. The van der Waals surface area contributed by atoms with Crippen molar-refractivity contribution >= 4 is 16.9 Å². The number of hydrogen-bond donors (Lipinski definition) is 3. The largest absolute Gasteiger partial charge is 0.493 e. The second-order valence-electron chi connectivity index (χ2n) is 5.86. The van der Waals surface area contributed by atoms with Crippen molar-refractivity contribution in [3.05, 3.63) is 39.8 Å². The van der Waals surface area contributed by atoms with Gasteiger partial charge in [-0.1, -0.05) is 6.92 Å². The molecular weight excluding hydrogens is 336 g/mol. The number of nitrogens with one attached hydrogen (secondary N) is 2. The van der Waals surface area contributed by atoms with Gasteiger partial charge in [-0.05, 0) is 31.5 Å². The molecule has 0 aliphatic carbocycles. The van der Waals surface area contributed by atoms with Crippen LogP contribution in [0.15, 0.2) is 23.0 Å². The van der Waals surface area contributed by atoms with Crippen molar-refractivity contribution in [1.29, 1.82) is 0 Å². The molecule has 9 heteroatoms. The molecule has 2 aromatic heterocycles. The number of fused-ring (bicyclic) bond motifs is 1. The third-order valence-electron chi connectivity index (χ3n) is 3.96. The van der Waals surface area contributed by atoms with Gasteiger partial charge in [0.05, 0.1) is 17.9 Å². The monoisotopic (exact) mass is 356 g/mol. The van der Waals surface area contributed by atoms with E-state index in [4.69, 9.17) is 10.6 Å². The number of aromatic nitrogens is 4. The Kier molecular flexibility index (Phi) is 4.72. The number of carbonyl (C=O) groups excluding carboxylic acids is 1. The van der Waals surface area contributed by atoms with Crippen LogP contribution in [0.4, 0.5) is 0 Å². The predicted octanol–water partition coefficient (Wildman–Crippen LogP) is 1.02. The summed E-state index contributed by atoms with van der Waals surface area (Å²) in [4.78, 5) is 31.7. The highest BCUT2D eigenvalue weighted by Gasteiger charge is 2.17. The first-order chi connectivity index (χ1) is 12.5. The highest BCUT2D eigenvalue weighted by molar-refractivity contribution is 5.95. The molecule has 9 nitrogen and oxygen atoms in total. The van der Waals surface area contributed by atoms with Gasteiger partial charge in [0.2, 0.25) is 0 Å². The van der Waals surface area contributed by atoms with Gasteiger partial charge in [-0.3, -0.25) is 15.0 Å². The SMILES string of the molecule is CCCOc1ccc(C(=O)NN)cc1-c1nc2c(c(C)nn2C)c(=O)[nH]1. The number of hydrazine groups is 1. The number of ether oxygens (including phenoxy) is 1. The zero-order valence-corrected chi connectivity index (χ0v) is 14.8. The van der Waals surface area contributed by atoms with Crippen molar-refractivity contribution in [2.75, 3.05) is 6.61 Å². The molecule has 0 atom stereocenters. The van der Waals surface area contributed by atoms with Crippen LogP contribution in [0.25, 0.3) is 22.4 Å². The number of amides is 1. The van der Waals surface area contributed by atoms with Crippen molar-refractivity contribution in [2.24, 2.45) is 12.9 Å². The molecule has 0 bridgehead atoms. The Morgan fingerprint density at radius 2 is 2.19 bits per heavy atom. The van der Waals surface area contributed by atoms with Crippen molar-refractivity contribution < 1.29 is 9.53 Å². The lowest BCUT2D eigenvalue weighted by Crippen LogP contribution is -2.30. The lowest BCUT2D eigenvalue weighted by Gasteiger charge is -2.12. The van der Waals surface area contributed by atoms with Gasteiger partial charge in [0.25, 0.3) is 11.5 Å². The molecule has 0 aliphatic rings. The van der Waals surface area contributed by atoms with E-state index in [1.807, 2.05) is 6.92 Å². The van der Waals surface area contributed by atoms with Gasteiger partial charge in [-0.15, -0.1) is 0 Å². The van der Waals surface area contributed by atoms with Gasteiger partial charge < -0.3 is 9.72 Å². The summed E-state index contributed by atoms with van der Waals surface area (Å²) in [5.41, 5.74) is 3.67. The fourth-order valence-corrected chi connectivity index (χ4v) is 2.75. The predicted molar refractivity (Wildman–Crippen MR) is 96.7 cm³/mol. The summed E-state index contributed by atoms with van der Waals surface area (Å²) in [6, 6.07) is 4.84. The van der Waals surface area contributed by atoms with Crippen LogP contribution in [-0.2, 0) is 7.05 Å². The molecule has 0 saturated carbocycles. The number of carbonyl (C=O) groups is 1. The van der Waals surface area contributed by atoms with Gasteiger partial charge in [-0.2, -0.15) is 5.10 Å². The third-order valence-corrected chi connectivity index (χ3v) is 3.96. The quantitative estimate of drug-likeness (QED) is 0.356. The fourth-order valence-electron chi connectivity index (χ4n) is 2.75. The maximum Gasteiger partial charge on any atom is 0.265 e. The van der Waals surface area contributed by atoms with Gasteiger partial charge in [0.15, 0.2) is 5.65 Å². The molecule has 2 heterocycles. The van der Waals surface area contributed by atoms with Gasteiger partial charge in [-0.25, -0.2) is 15.5 Å². The number of nitrogen functional groups attached to an aromatic ring is 1. The summed E-state index contributed by atoms with van der Waals surface area (Å²) in [7, 11) is 1.72. The Bertz CT molecular complexity index is 1040. The molecule has 0 saturated heterocycles. The molecule has 0 spiro atoms. The van der Waals surface area contributed by atoms with Crippen LogP contribution < -0.4 is 21.6 Å². The zero-order chi connectivity index (χ0) is 18.8. The van der Waals surface area contributed by atoms with E-state index in [2.05, 4.69) is 20.5 Å². The summed E-state index contributed by atoms with van der Waals surface area (Å²) in [5.74, 6) is 5.58. The molecule has 1 aromatic carbocycles. The van der Waals surface area contributed by atoms with E-state index in [9.17, 15) is 9.59 Å². The topological polar surface area (TPSA) is 128 Å². The van der Waals surface area contributed by atoms with Gasteiger partial charge in [0, 0.05) is 12.6 Å². The van der Waals surface area contributed by atoms with E-state index in [0.717, 1.165) is 6.42 Å². The van der Waals surface area contributed by atoms with Crippen LogP contribution in [0.3, 0.4) is 0 Å². The minimum absolute atomic E-state index is 0.295. The average Bonchev–Trinajstić information content (AvgIpc) is 2.93. The molecule has 4 N–H and O–H groups in total. The van der Waals surface area contributed by atoms with E-state index in [0.29, 0.717) is 46.0 Å². The van der Waals surface area contributed by atoms with Crippen LogP contribution in [-0.4, -0.2) is 32.3 Å². The number of aromatic amines is 1. The maximum atomic E-state index is 12.5. The van der Waals surface area contributed by atoms with E-state index in [1.54, 1.807) is 36.9 Å². The molecule has 26 heavy (non-hydrogen) atoms. The number of nitrogens with two attached hydrogens (primary N) is 1. The molecule has 3 aromatic rings. The molecular formula is C17H20N6O3. The molecule has 0 radical (unpaired) electrons. The smallest absolute Gasteiger partial charge is 0.265 e. The third kappa shape index (κ3) is 3.04. The van der Waals surface area contributed by atoms with Gasteiger partial charge >= 0.3 is 0 Å². The first-order valence-corrected chi connectivity index (χ1v) is 8.18. The number of hydrogen-bond acceptors (Lipinski definition) is 6. The van der Waals surface area contributed by atoms with Crippen molar-refractivity contribution in [1.82, 2.24) is 25.2 Å². The number of aryl methyl sites for hydroxylation is 2. The lowest BCUT2D eigenvalue weighted by atomic mass is 10.1. The van der Waals surface area contributed by atoms with E-state index in [1.165, 1.54) is 0 Å². The highest BCUT2D eigenvalue weighted by atomic mass is 16.5. The summed E-state index contributed by atoms with van der Waals surface area (Å²) < 4.78 is 7.30. The van der Waals surface area contributed by atoms with Crippen molar-refractivity contribution in [3.8, 4) is 17.1 Å². The van der Waals surface area contributed by atoms with Crippen LogP contribution in [0.5, 0.6) is 5.75 Å². The van der Waals surface area contributed by atoms with Crippen molar-refractivity contribution in [2.45, 2.75) is 20.3 Å². The highest BCUT2D eigenvalue weighted by Crippen LogP contribution is 2.29.